The molecule has 2 amide bonds. The highest BCUT2D eigenvalue weighted by Crippen LogP contribution is 2.44. The Morgan fingerprint density at radius 1 is 1.09 bits per heavy atom. The van der Waals surface area contributed by atoms with Gasteiger partial charge < -0.3 is 10.1 Å². The minimum atomic E-state index is -3.20. The fourth-order valence-electron chi connectivity index (χ4n) is 5.23. The molecule has 0 aliphatic carbocycles. The predicted octanol–water partition coefficient (Wildman–Crippen LogP) is 6.84. The zero-order valence-corrected chi connectivity index (χ0v) is 24.7. The number of rotatable bonds is 7. The number of carbonyl (C=O) groups is 1. The molecule has 2 aliphatic rings. The van der Waals surface area contributed by atoms with Crippen LogP contribution in [0.5, 0.6) is 11.6 Å². The molecule has 1 saturated heterocycles. The van der Waals surface area contributed by atoms with E-state index < -0.39 is 16.8 Å². The highest BCUT2D eigenvalue weighted by atomic mass is 32.3. The Kier molecular flexibility index (Phi) is 8.44. The molecule has 4 N–H and O–H groups in total. The first-order valence-corrected chi connectivity index (χ1v) is 15.6. The molecule has 6 rings (SSSR count). The molecule has 13 heteroatoms. The number of aromatic nitrogens is 2. The summed E-state index contributed by atoms with van der Waals surface area (Å²) in [4.78, 5) is 26.1. The van der Waals surface area contributed by atoms with Gasteiger partial charge in [0.1, 0.15) is 11.6 Å². The number of ether oxygens (including phenoxy) is 1. The lowest BCUT2D eigenvalue weighted by Gasteiger charge is -2.38. The number of fused-ring (bicyclic) bond motifs is 1. The number of nitrogens with zero attached hydrogens (tertiary/aromatic N) is 5. The Hall–Kier alpha value is -4.56. The first-order chi connectivity index (χ1) is 21.2. The molecule has 4 heterocycles. The Morgan fingerprint density at radius 2 is 1.93 bits per heavy atom. The smallest absolute Gasteiger partial charge is 0.326 e. The number of hydrogen-bond acceptors (Lipinski definition) is 9. The monoisotopic (exact) mass is 617 g/mol. The second-order valence-electron chi connectivity index (χ2n) is 10.7. The van der Waals surface area contributed by atoms with Crippen LogP contribution in [-0.2, 0) is 6.54 Å². The number of halogens is 1. The van der Waals surface area contributed by atoms with Gasteiger partial charge in [0.2, 0.25) is 5.88 Å². The topological polar surface area (TPSA) is 135 Å². The Bertz CT molecular complexity index is 1660. The summed E-state index contributed by atoms with van der Waals surface area (Å²) >= 11 is 0. The van der Waals surface area contributed by atoms with Gasteiger partial charge in [-0.25, -0.2) is 14.2 Å². The van der Waals surface area contributed by atoms with E-state index in [1.807, 2.05) is 19.1 Å². The van der Waals surface area contributed by atoms with Gasteiger partial charge in [0.25, 0.3) is 0 Å². The van der Waals surface area contributed by atoms with Gasteiger partial charge in [-0.3, -0.25) is 28.6 Å². The summed E-state index contributed by atoms with van der Waals surface area (Å²) in [6, 6.07) is 18.2. The quantitative estimate of drug-likeness (QED) is 0.177. The standard InChI is InChI=1S/C31H32FN7O4S/c1-21-5-7-25(19-33-21)36-31(40)39(27-4-2-3-24(32)16-27)26-11-13-38(14-12-26)20-22-6-10-30(34-17-22)43-28-8-9-29-23(15-28)18-35-44(41,42)37-29/h2-10,15-19,26,37,41-42H,11-14,20H2,1H3,(H,36,40). The van der Waals surface area contributed by atoms with Crippen molar-refractivity contribution in [1.82, 2.24) is 14.9 Å². The predicted molar refractivity (Wildman–Crippen MR) is 170 cm³/mol. The number of nitrogens with one attached hydrogen (secondary N) is 2. The molecule has 0 spiro atoms. The molecule has 2 aromatic carbocycles. The van der Waals surface area contributed by atoms with Crippen LogP contribution in [0.3, 0.4) is 0 Å². The van der Waals surface area contributed by atoms with Crippen LogP contribution in [0.15, 0.2) is 83.5 Å². The van der Waals surface area contributed by atoms with E-state index in [-0.39, 0.29) is 12.1 Å². The third-order valence-electron chi connectivity index (χ3n) is 7.42. The summed E-state index contributed by atoms with van der Waals surface area (Å²) < 4.78 is 45.8. The summed E-state index contributed by atoms with van der Waals surface area (Å²) in [6.07, 6.45) is 6.23. The van der Waals surface area contributed by atoms with Crippen molar-refractivity contribution in [2.24, 2.45) is 4.40 Å². The fourth-order valence-corrected chi connectivity index (χ4v) is 6.03. The van der Waals surface area contributed by atoms with Crippen molar-refractivity contribution in [3.05, 3.63) is 102 Å². The zero-order valence-electron chi connectivity index (χ0n) is 23.9. The Labute approximate surface area is 256 Å². The molecule has 0 bridgehead atoms. The van der Waals surface area contributed by atoms with Crippen molar-refractivity contribution in [1.29, 1.82) is 0 Å². The minimum Gasteiger partial charge on any atom is -0.439 e. The van der Waals surface area contributed by atoms with Gasteiger partial charge in [0, 0.05) is 54.9 Å². The van der Waals surface area contributed by atoms with Crippen LogP contribution in [0.1, 0.15) is 29.7 Å². The normalized spacial score (nSPS) is 16.8. The molecular formula is C31H32FN7O4S. The van der Waals surface area contributed by atoms with Crippen molar-refractivity contribution >= 4 is 40.3 Å². The lowest BCUT2D eigenvalue weighted by Crippen LogP contribution is -2.49. The molecular weight excluding hydrogens is 585 g/mol. The van der Waals surface area contributed by atoms with Gasteiger partial charge in [-0.15, -0.1) is 4.40 Å². The van der Waals surface area contributed by atoms with E-state index in [1.54, 1.807) is 59.8 Å². The van der Waals surface area contributed by atoms with E-state index in [2.05, 4.69) is 29.3 Å². The third-order valence-corrected chi connectivity index (χ3v) is 8.32. The summed E-state index contributed by atoms with van der Waals surface area (Å²) in [6.45, 7) is 4.07. The molecule has 0 radical (unpaired) electrons. The first kappa shape index (κ1) is 29.5. The molecule has 4 aromatic rings. The zero-order chi connectivity index (χ0) is 30.7. The van der Waals surface area contributed by atoms with Crippen molar-refractivity contribution in [2.75, 3.05) is 28.0 Å². The number of urea groups is 1. The van der Waals surface area contributed by atoms with Crippen molar-refractivity contribution in [3.63, 3.8) is 0 Å². The van der Waals surface area contributed by atoms with E-state index >= 15 is 0 Å². The van der Waals surface area contributed by atoms with Crippen molar-refractivity contribution in [3.8, 4) is 11.6 Å². The summed E-state index contributed by atoms with van der Waals surface area (Å²) in [5.41, 5.74) is 4.20. The van der Waals surface area contributed by atoms with Gasteiger partial charge >= 0.3 is 6.03 Å². The van der Waals surface area contributed by atoms with E-state index in [0.717, 1.165) is 37.2 Å². The average Bonchev–Trinajstić information content (AvgIpc) is 3.00. The maximum atomic E-state index is 14.2. The van der Waals surface area contributed by atoms with Crippen LogP contribution in [0.2, 0.25) is 0 Å². The lowest BCUT2D eigenvalue weighted by atomic mass is 10.0. The van der Waals surface area contributed by atoms with Crippen molar-refractivity contribution < 1.29 is 23.0 Å². The minimum absolute atomic E-state index is 0.107. The molecule has 0 saturated carbocycles. The van der Waals surface area contributed by atoms with Gasteiger partial charge in [-0.1, -0.05) is 12.1 Å². The van der Waals surface area contributed by atoms with E-state index in [0.29, 0.717) is 40.8 Å². The molecule has 11 nitrogen and oxygen atoms in total. The van der Waals surface area contributed by atoms with Crippen LogP contribution >= 0.6 is 11.0 Å². The summed E-state index contributed by atoms with van der Waals surface area (Å²) in [5.74, 6) is 0.577. The number of anilines is 3. The molecule has 0 atom stereocenters. The van der Waals surface area contributed by atoms with Gasteiger partial charge in [-0.2, -0.15) is 0 Å². The van der Waals surface area contributed by atoms with Crippen LogP contribution in [-0.4, -0.2) is 55.4 Å². The number of hydrogen-bond donors (Lipinski definition) is 4. The highest BCUT2D eigenvalue weighted by molar-refractivity contribution is 8.24. The number of benzene rings is 2. The van der Waals surface area contributed by atoms with E-state index in [9.17, 15) is 18.3 Å². The number of pyridine rings is 2. The molecule has 0 unspecified atom stereocenters. The second kappa shape index (κ2) is 12.6. The Morgan fingerprint density at radius 3 is 2.66 bits per heavy atom. The maximum absolute atomic E-state index is 14.2. The Balaban J connectivity index is 1.06. The van der Waals surface area contributed by atoms with Crippen LogP contribution in [0.25, 0.3) is 0 Å². The molecule has 2 aliphatic heterocycles. The molecule has 1 fully saturated rings. The molecule has 2 aromatic heterocycles. The van der Waals surface area contributed by atoms with E-state index in [4.69, 9.17) is 4.74 Å². The number of carbonyl (C=O) groups excluding carboxylic acids is 1. The second-order valence-corrected chi connectivity index (χ2v) is 12.1. The maximum Gasteiger partial charge on any atom is 0.326 e. The number of aryl methyl sites for hydroxylation is 1. The number of likely N-dealkylation sites (tertiary alicyclic amines) is 1. The average molecular weight is 618 g/mol. The number of amides is 2. The summed E-state index contributed by atoms with van der Waals surface area (Å²) in [7, 11) is -3.20. The van der Waals surface area contributed by atoms with Crippen LogP contribution in [0, 0.1) is 12.7 Å². The summed E-state index contributed by atoms with van der Waals surface area (Å²) in [5, 5.41) is 2.92. The van der Waals surface area contributed by atoms with Crippen LogP contribution in [0.4, 0.5) is 26.2 Å². The van der Waals surface area contributed by atoms with Gasteiger partial charge in [0.05, 0.1) is 23.8 Å². The number of piperidine rings is 1. The highest BCUT2D eigenvalue weighted by Gasteiger charge is 2.30. The van der Waals surface area contributed by atoms with E-state index in [1.165, 1.54) is 18.3 Å². The molecule has 228 valence electrons. The van der Waals surface area contributed by atoms with Gasteiger partial charge in [-0.05, 0) is 84.8 Å². The lowest BCUT2D eigenvalue weighted by molar-refractivity contribution is 0.199. The fraction of sp³-hybridized carbons (Fsp3) is 0.226. The third kappa shape index (κ3) is 7.14. The van der Waals surface area contributed by atoms with Crippen molar-refractivity contribution in [2.45, 2.75) is 32.4 Å². The largest absolute Gasteiger partial charge is 0.439 e. The SMILES string of the molecule is Cc1ccc(NC(=O)N(c2cccc(F)c2)C2CCN(Cc3ccc(Oc4ccc5c(c4)C=NS(O)(O)N5)nc3)CC2)cn1. The molecule has 44 heavy (non-hydrogen) atoms. The van der Waals surface area contributed by atoms with Gasteiger partial charge in [0.15, 0.2) is 0 Å². The van der Waals surface area contributed by atoms with Crippen LogP contribution < -0.4 is 19.7 Å². The first-order valence-electron chi connectivity index (χ1n) is 14.1.